The third-order valence-electron chi connectivity index (χ3n) is 4.02. The quantitative estimate of drug-likeness (QED) is 0.908. The lowest BCUT2D eigenvalue weighted by atomic mass is 9.64. The minimum atomic E-state index is -1.50. The zero-order valence-corrected chi connectivity index (χ0v) is 11.5. The normalized spacial score (nSPS) is 17.7. The number of rotatable bonds is 4. The fourth-order valence-corrected chi connectivity index (χ4v) is 2.58. The molecule has 0 bridgehead atoms. The van der Waals surface area contributed by atoms with E-state index in [1.165, 1.54) is 21.0 Å². The Hall–Kier alpha value is -1.58. The van der Waals surface area contributed by atoms with Gasteiger partial charge in [-0.15, -0.1) is 0 Å². The van der Waals surface area contributed by atoms with E-state index in [1.807, 2.05) is 0 Å². The fraction of sp³-hybridized carbons (Fsp3) is 0.533. The molecule has 0 radical (unpaired) electrons. The average molecular weight is 266 g/mol. The van der Waals surface area contributed by atoms with Crippen molar-refractivity contribution in [3.8, 4) is 5.75 Å². The maximum Gasteiger partial charge on any atom is 0.314 e. The van der Waals surface area contributed by atoms with Crippen molar-refractivity contribution in [3.05, 3.63) is 29.3 Å². The SMILES string of the molecule is COc1ccc(C(C)(C)F)cc1C1(C(=O)O)CCC1. The van der Waals surface area contributed by atoms with Gasteiger partial charge >= 0.3 is 5.97 Å². The van der Waals surface area contributed by atoms with Crippen LogP contribution in [-0.4, -0.2) is 18.2 Å². The molecule has 2 rings (SSSR count). The zero-order chi connectivity index (χ0) is 14.3. The van der Waals surface area contributed by atoms with Crippen LogP contribution >= 0.6 is 0 Å². The first-order valence-corrected chi connectivity index (χ1v) is 6.42. The third-order valence-corrected chi connectivity index (χ3v) is 4.02. The number of ether oxygens (including phenoxy) is 1. The van der Waals surface area contributed by atoms with Crippen LogP contribution in [0.5, 0.6) is 5.75 Å². The number of benzene rings is 1. The summed E-state index contributed by atoms with van der Waals surface area (Å²) in [6.07, 6.45) is 2.03. The Morgan fingerprint density at radius 1 is 1.42 bits per heavy atom. The molecule has 1 aliphatic rings. The molecule has 0 amide bonds. The van der Waals surface area contributed by atoms with Crippen molar-refractivity contribution in [2.75, 3.05) is 7.11 Å². The van der Waals surface area contributed by atoms with Gasteiger partial charge in [0.2, 0.25) is 0 Å². The van der Waals surface area contributed by atoms with Gasteiger partial charge in [-0.05, 0) is 44.4 Å². The number of halogens is 1. The van der Waals surface area contributed by atoms with E-state index in [0.29, 0.717) is 29.7 Å². The average Bonchev–Trinajstić information content (AvgIpc) is 2.25. The van der Waals surface area contributed by atoms with Crippen LogP contribution in [0, 0.1) is 0 Å². The summed E-state index contributed by atoms with van der Waals surface area (Å²) in [5, 5.41) is 9.50. The third kappa shape index (κ3) is 2.20. The molecule has 3 nitrogen and oxygen atoms in total. The number of carboxylic acid groups (broad SMARTS) is 1. The molecular weight excluding hydrogens is 247 g/mol. The smallest absolute Gasteiger partial charge is 0.314 e. The summed E-state index contributed by atoms with van der Waals surface area (Å²) in [5.74, 6) is -0.332. The topological polar surface area (TPSA) is 46.5 Å². The molecule has 0 spiro atoms. The summed E-state index contributed by atoms with van der Waals surface area (Å²) in [6, 6.07) is 4.96. The molecule has 1 N–H and O–H groups in total. The minimum Gasteiger partial charge on any atom is -0.496 e. The van der Waals surface area contributed by atoms with Crippen molar-refractivity contribution >= 4 is 5.97 Å². The van der Waals surface area contributed by atoms with E-state index in [0.717, 1.165) is 6.42 Å². The highest BCUT2D eigenvalue weighted by Gasteiger charge is 2.48. The van der Waals surface area contributed by atoms with Gasteiger partial charge in [0, 0.05) is 5.56 Å². The highest BCUT2D eigenvalue weighted by atomic mass is 19.1. The number of carboxylic acids is 1. The Morgan fingerprint density at radius 2 is 2.05 bits per heavy atom. The van der Waals surface area contributed by atoms with Gasteiger partial charge in [0.25, 0.3) is 0 Å². The van der Waals surface area contributed by atoms with Crippen LogP contribution in [0.15, 0.2) is 18.2 Å². The molecule has 0 aromatic heterocycles. The van der Waals surface area contributed by atoms with Crippen LogP contribution < -0.4 is 4.74 Å². The zero-order valence-electron chi connectivity index (χ0n) is 11.5. The van der Waals surface area contributed by atoms with Gasteiger partial charge in [-0.3, -0.25) is 4.79 Å². The predicted molar refractivity (Wildman–Crippen MR) is 70.3 cm³/mol. The monoisotopic (exact) mass is 266 g/mol. The van der Waals surface area contributed by atoms with E-state index in [4.69, 9.17) is 4.74 Å². The lowest BCUT2D eigenvalue weighted by Gasteiger charge is -2.39. The van der Waals surface area contributed by atoms with Crippen LogP contribution in [-0.2, 0) is 15.9 Å². The summed E-state index contributed by atoms with van der Waals surface area (Å²) in [7, 11) is 1.51. The molecule has 1 aromatic rings. The first kappa shape index (κ1) is 13.8. The van der Waals surface area contributed by atoms with Crippen LogP contribution in [0.1, 0.15) is 44.2 Å². The van der Waals surface area contributed by atoms with Gasteiger partial charge in [0.15, 0.2) is 0 Å². The summed E-state index contributed by atoms with van der Waals surface area (Å²) in [4.78, 5) is 11.6. The van der Waals surface area contributed by atoms with Crippen molar-refractivity contribution in [1.82, 2.24) is 0 Å². The van der Waals surface area contributed by atoms with Gasteiger partial charge < -0.3 is 9.84 Å². The van der Waals surface area contributed by atoms with Gasteiger partial charge in [0.1, 0.15) is 11.4 Å². The van der Waals surface area contributed by atoms with E-state index in [-0.39, 0.29) is 0 Å². The Labute approximate surface area is 112 Å². The highest BCUT2D eigenvalue weighted by molar-refractivity contribution is 5.83. The van der Waals surface area contributed by atoms with Crippen molar-refractivity contribution in [3.63, 3.8) is 0 Å². The molecule has 1 fully saturated rings. The van der Waals surface area contributed by atoms with E-state index in [1.54, 1.807) is 18.2 Å². The summed E-state index contributed by atoms with van der Waals surface area (Å²) >= 11 is 0. The van der Waals surface area contributed by atoms with Gasteiger partial charge in [-0.2, -0.15) is 0 Å². The standard InChI is InChI=1S/C15H19FO3/c1-14(2,16)10-5-6-12(19-3)11(9-10)15(13(17)18)7-4-8-15/h5-6,9H,4,7-8H2,1-3H3,(H,17,18). The number of aliphatic carboxylic acids is 1. The Balaban J connectivity index is 2.57. The second-order valence-corrected chi connectivity index (χ2v) is 5.63. The molecular formula is C15H19FO3. The van der Waals surface area contributed by atoms with Gasteiger partial charge in [0.05, 0.1) is 12.5 Å². The molecule has 104 valence electrons. The summed E-state index contributed by atoms with van der Waals surface area (Å²) < 4.78 is 19.3. The molecule has 0 saturated heterocycles. The first-order valence-electron chi connectivity index (χ1n) is 6.42. The van der Waals surface area contributed by atoms with E-state index in [2.05, 4.69) is 0 Å². The highest BCUT2D eigenvalue weighted by Crippen LogP contribution is 2.48. The summed E-state index contributed by atoms with van der Waals surface area (Å²) in [5.41, 5.74) is -1.33. The first-order chi connectivity index (χ1) is 8.81. The maximum atomic E-state index is 14.1. The van der Waals surface area contributed by atoms with E-state index < -0.39 is 17.1 Å². The predicted octanol–water partition coefficient (Wildman–Crippen LogP) is 3.41. The molecule has 0 unspecified atom stereocenters. The molecule has 1 saturated carbocycles. The van der Waals surface area contributed by atoms with Gasteiger partial charge in [-0.25, -0.2) is 4.39 Å². The maximum absolute atomic E-state index is 14.1. The molecule has 1 aliphatic carbocycles. The van der Waals surface area contributed by atoms with Crippen LogP contribution in [0.25, 0.3) is 0 Å². The number of hydrogen-bond donors (Lipinski definition) is 1. The van der Waals surface area contributed by atoms with Crippen molar-refractivity contribution in [2.24, 2.45) is 0 Å². The van der Waals surface area contributed by atoms with Gasteiger partial charge in [-0.1, -0.05) is 12.5 Å². The fourth-order valence-electron chi connectivity index (χ4n) is 2.58. The van der Waals surface area contributed by atoms with Crippen LogP contribution in [0.2, 0.25) is 0 Å². The Kier molecular flexibility index (Phi) is 3.29. The largest absolute Gasteiger partial charge is 0.496 e. The molecule has 1 aromatic carbocycles. The Morgan fingerprint density at radius 3 is 2.42 bits per heavy atom. The van der Waals surface area contributed by atoms with E-state index >= 15 is 0 Å². The van der Waals surface area contributed by atoms with Crippen molar-refractivity contribution in [1.29, 1.82) is 0 Å². The number of alkyl halides is 1. The van der Waals surface area contributed by atoms with E-state index in [9.17, 15) is 14.3 Å². The lowest BCUT2D eigenvalue weighted by molar-refractivity contribution is -0.147. The second kappa shape index (κ2) is 4.51. The number of carbonyl (C=O) groups is 1. The number of methoxy groups -OCH3 is 1. The Bertz CT molecular complexity index is 499. The molecule has 4 heteroatoms. The van der Waals surface area contributed by atoms with Crippen molar-refractivity contribution in [2.45, 2.75) is 44.2 Å². The molecule has 0 aliphatic heterocycles. The van der Waals surface area contributed by atoms with Crippen LogP contribution in [0.3, 0.4) is 0 Å². The van der Waals surface area contributed by atoms with Crippen molar-refractivity contribution < 1.29 is 19.0 Å². The minimum absolute atomic E-state index is 0.482. The van der Waals surface area contributed by atoms with Crippen LogP contribution in [0.4, 0.5) is 4.39 Å². The summed E-state index contributed by atoms with van der Waals surface area (Å²) in [6.45, 7) is 2.93. The molecule has 19 heavy (non-hydrogen) atoms. The molecule has 0 atom stereocenters. The molecule has 0 heterocycles. The second-order valence-electron chi connectivity index (χ2n) is 5.63. The lowest BCUT2D eigenvalue weighted by Crippen LogP contribution is -2.42. The number of hydrogen-bond acceptors (Lipinski definition) is 2.